The van der Waals surface area contributed by atoms with Crippen LogP contribution in [0, 0.1) is 5.92 Å². The Balaban J connectivity index is 0.872. The van der Waals surface area contributed by atoms with E-state index in [1.54, 1.807) is 23.7 Å². The van der Waals surface area contributed by atoms with Gasteiger partial charge in [-0.2, -0.15) is 18.3 Å². The number of alkyl halides is 3. The quantitative estimate of drug-likeness (QED) is 0.193. The zero-order valence-electron chi connectivity index (χ0n) is 32.5. The fraction of sp³-hybridized carbons (Fsp3) is 0.475. The highest BCUT2D eigenvalue weighted by atomic mass is 19.4. The highest BCUT2D eigenvalue weighted by molar-refractivity contribution is 6.07. The first-order valence-corrected chi connectivity index (χ1v) is 19.5. The van der Waals surface area contributed by atoms with Crippen LogP contribution in [0.2, 0.25) is 0 Å². The number of anilines is 2. The van der Waals surface area contributed by atoms with Gasteiger partial charge in [0.2, 0.25) is 11.8 Å². The molecule has 58 heavy (non-hydrogen) atoms. The summed E-state index contributed by atoms with van der Waals surface area (Å²) in [6, 6.07) is 9.02. The number of nitrogens with zero attached hydrogens (tertiary/aromatic N) is 8. The number of piperidine rings is 2. The molecule has 2 N–H and O–H groups in total. The Hall–Kier alpha value is -5.78. The van der Waals surface area contributed by atoms with Gasteiger partial charge in [-0.05, 0) is 76.1 Å². The Morgan fingerprint density at radius 1 is 1.05 bits per heavy atom. The molecule has 3 amide bonds. The first kappa shape index (κ1) is 39.1. The minimum Gasteiger partial charge on any atom is -0.494 e. The maximum absolute atomic E-state index is 13.5. The van der Waals surface area contributed by atoms with Gasteiger partial charge in [0.1, 0.15) is 18.1 Å². The predicted octanol–water partition coefficient (Wildman–Crippen LogP) is 5.07. The molecule has 2 aliphatic heterocycles. The lowest BCUT2D eigenvalue weighted by atomic mass is 9.85. The number of amides is 3. The topological polar surface area (TPSA) is 162 Å². The third-order valence-corrected chi connectivity index (χ3v) is 12.1. The van der Waals surface area contributed by atoms with E-state index in [0.717, 1.165) is 87.3 Å². The van der Waals surface area contributed by atoms with Crippen LogP contribution in [-0.2, 0) is 22.8 Å². The van der Waals surface area contributed by atoms with E-state index in [-0.39, 0.29) is 35.5 Å². The van der Waals surface area contributed by atoms with Crippen molar-refractivity contribution < 1.29 is 32.3 Å². The summed E-state index contributed by atoms with van der Waals surface area (Å²) in [7, 11) is 5.36. The lowest BCUT2D eigenvalue weighted by molar-refractivity contribution is -0.141. The monoisotopic (exact) mass is 802 g/mol. The molecule has 15 nitrogen and oxygen atoms in total. The molecule has 0 radical (unpaired) electrons. The number of imide groups is 1. The molecule has 0 bridgehead atoms. The molecular formula is C40H45F3N10O5. The van der Waals surface area contributed by atoms with Crippen LogP contribution in [-0.4, -0.2) is 91.3 Å². The Kier molecular flexibility index (Phi) is 10.5. The van der Waals surface area contributed by atoms with E-state index >= 15 is 0 Å². The maximum atomic E-state index is 13.5. The van der Waals surface area contributed by atoms with Gasteiger partial charge in [-0.25, -0.2) is 14.8 Å². The summed E-state index contributed by atoms with van der Waals surface area (Å²) in [6.07, 6.45) is 5.07. The van der Waals surface area contributed by atoms with Crippen molar-refractivity contribution in [1.29, 1.82) is 0 Å². The number of aryl methyl sites for hydroxylation is 1. The van der Waals surface area contributed by atoms with Crippen molar-refractivity contribution in [1.82, 2.24) is 39.1 Å². The van der Waals surface area contributed by atoms with Crippen LogP contribution in [0.3, 0.4) is 0 Å². The molecule has 306 valence electrons. The van der Waals surface area contributed by atoms with Crippen molar-refractivity contribution in [3.63, 3.8) is 0 Å². The fourth-order valence-electron chi connectivity index (χ4n) is 9.04. The molecule has 0 spiro atoms. The summed E-state index contributed by atoms with van der Waals surface area (Å²) in [5, 5.41) is 10.4. The molecule has 8 rings (SSSR count). The summed E-state index contributed by atoms with van der Waals surface area (Å²) in [5.41, 5.74) is 1.02. The van der Waals surface area contributed by atoms with Crippen LogP contribution in [0.5, 0.6) is 5.75 Å². The zero-order valence-corrected chi connectivity index (χ0v) is 32.5. The van der Waals surface area contributed by atoms with Gasteiger partial charge in [0, 0.05) is 63.0 Å². The maximum Gasteiger partial charge on any atom is 0.434 e. The SMILES string of the molecule is COc1cc2nn([C@H]3CC[C@H](CN(C)C4CCN(c5cccc6c5n(C)c(=O)n6C5CCC(=O)NC5=O)CC4)CC3)cc2cc1NC(=O)c1cncnc1C(F)(F)F. The molecule has 5 heterocycles. The smallest absolute Gasteiger partial charge is 0.434 e. The van der Waals surface area contributed by atoms with Gasteiger partial charge in [-0.3, -0.25) is 33.5 Å². The molecule has 5 aromatic rings. The molecule has 1 atom stereocenters. The van der Waals surface area contributed by atoms with Crippen molar-refractivity contribution in [2.24, 2.45) is 13.0 Å². The van der Waals surface area contributed by atoms with E-state index in [2.05, 4.69) is 37.4 Å². The number of fused-ring (bicyclic) bond motifs is 2. The number of aromatic nitrogens is 6. The average molecular weight is 803 g/mol. The average Bonchev–Trinajstić information content (AvgIpc) is 3.74. The lowest BCUT2D eigenvalue weighted by Gasteiger charge is -2.40. The molecule has 3 aliphatic rings. The second-order valence-corrected chi connectivity index (χ2v) is 15.6. The number of imidazole rings is 1. The summed E-state index contributed by atoms with van der Waals surface area (Å²) in [5.74, 6) is -0.967. The van der Waals surface area contributed by atoms with Gasteiger partial charge in [-0.15, -0.1) is 0 Å². The van der Waals surface area contributed by atoms with Crippen LogP contribution in [0.25, 0.3) is 21.9 Å². The zero-order chi connectivity index (χ0) is 40.9. The Labute approximate surface area is 331 Å². The highest BCUT2D eigenvalue weighted by Crippen LogP contribution is 2.37. The third-order valence-electron chi connectivity index (χ3n) is 12.1. The number of methoxy groups -OCH3 is 1. The largest absolute Gasteiger partial charge is 0.494 e. The number of nitrogens with one attached hydrogen (secondary N) is 2. The summed E-state index contributed by atoms with van der Waals surface area (Å²) in [4.78, 5) is 62.6. The normalized spacial score (nSPS) is 20.9. The Morgan fingerprint density at radius 3 is 2.52 bits per heavy atom. The predicted molar refractivity (Wildman–Crippen MR) is 209 cm³/mol. The van der Waals surface area contributed by atoms with Crippen molar-refractivity contribution in [3.05, 3.63) is 70.8 Å². The number of ether oxygens (including phenoxy) is 1. The molecule has 3 aromatic heterocycles. The molecule has 1 unspecified atom stereocenters. The van der Waals surface area contributed by atoms with E-state index in [1.807, 2.05) is 29.1 Å². The van der Waals surface area contributed by atoms with Crippen LogP contribution in [0.4, 0.5) is 24.5 Å². The van der Waals surface area contributed by atoms with Crippen molar-refractivity contribution >= 4 is 51.0 Å². The molecular weight excluding hydrogens is 757 g/mol. The summed E-state index contributed by atoms with van der Waals surface area (Å²) >= 11 is 0. The first-order valence-electron chi connectivity index (χ1n) is 19.5. The highest BCUT2D eigenvalue weighted by Gasteiger charge is 2.38. The number of hydrogen-bond acceptors (Lipinski definition) is 10. The van der Waals surface area contributed by atoms with Crippen LogP contribution in [0.1, 0.15) is 79.5 Å². The van der Waals surface area contributed by atoms with E-state index in [9.17, 15) is 32.3 Å². The van der Waals surface area contributed by atoms with Crippen molar-refractivity contribution in [2.75, 3.05) is 44.0 Å². The third kappa shape index (κ3) is 7.40. The molecule has 2 saturated heterocycles. The van der Waals surface area contributed by atoms with E-state index in [0.29, 0.717) is 29.4 Å². The van der Waals surface area contributed by atoms with Crippen LogP contribution < -0.4 is 26.0 Å². The Morgan fingerprint density at radius 2 is 1.81 bits per heavy atom. The van der Waals surface area contributed by atoms with Gasteiger partial charge in [0.25, 0.3) is 5.91 Å². The number of carbonyl (C=O) groups is 3. The van der Waals surface area contributed by atoms with E-state index < -0.39 is 35.3 Å². The second-order valence-electron chi connectivity index (χ2n) is 15.6. The first-order chi connectivity index (χ1) is 27.8. The van der Waals surface area contributed by atoms with E-state index in [1.165, 1.54) is 11.7 Å². The molecule has 1 aliphatic carbocycles. The van der Waals surface area contributed by atoms with Crippen LogP contribution in [0.15, 0.2) is 53.8 Å². The molecule has 3 fully saturated rings. The minimum atomic E-state index is -4.82. The second kappa shape index (κ2) is 15.5. The number of para-hydroxylation sites is 1. The van der Waals surface area contributed by atoms with Crippen LogP contribution >= 0.6 is 0 Å². The summed E-state index contributed by atoms with van der Waals surface area (Å²) in [6.45, 7) is 2.65. The number of rotatable bonds is 9. The lowest BCUT2D eigenvalue weighted by Crippen LogP contribution is -2.45. The molecule has 1 saturated carbocycles. The molecule has 2 aromatic carbocycles. The number of benzene rings is 2. The number of halogens is 3. The van der Waals surface area contributed by atoms with Gasteiger partial charge in [0.15, 0.2) is 5.69 Å². The van der Waals surface area contributed by atoms with E-state index in [4.69, 9.17) is 9.84 Å². The minimum absolute atomic E-state index is 0.181. The van der Waals surface area contributed by atoms with Crippen molar-refractivity contribution in [3.8, 4) is 5.75 Å². The Bertz CT molecular complexity index is 2440. The van der Waals surface area contributed by atoms with Gasteiger partial charge in [-0.1, -0.05) is 6.07 Å². The van der Waals surface area contributed by atoms with Gasteiger partial charge in [0.05, 0.1) is 46.6 Å². The fourth-order valence-corrected chi connectivity index (χ4v) is 9.04. The van der Waals surface area contributed by atoms with Gasteiger partial charge >= 0.3 is 11.9 Å². The van der Waals surface area contributed by atoms with Crippen molar-refractivity contribution in [2.45, 2.75) is 75.7 Å². The number of carbonyl (C=O) groups excluding carboxylic acids is 3. The standard InChI is InChI=1S/C40H45F3N10O5/c1-49(25-13-15-51(16-14-25)30-5-4-6-31-35(30)50(2)39(57)53(31)32-11-12-34(54)47-38(32)56)20-23-7-9-26(10-8-23)52-21-24-17-29(33(58-3)18-28(24)48-52)46-37(55)27-19-44-22-45-36(27)40(41,42)43/h4-6,17-19,21-23,25-26,32H,7-16,20H2,1-3H3,(H,46,55)(H,47,54,56)/t23-,26-,32?. The van der Waals surface area contributed by atoms with Gasteiger partial charge < -0.3 is 19.9 Å². The molecule has 18 heteroatoms. The summed E-state index contributed by atoms with van der Waals surface area (Å²) < 4.78 is 51.1. The number of hydrogen-bond donors (Lipinski definition) is 2.